The minimum atomic E-state index is -1.41. The molecule has 2 aliphatic heterocycles. The predicted molar refractivity (Wildman–Crippen MR) is 192 cm³/mol. The van der Waals surface area contributed by atoms with Gasteiger partial charge in [-0.15, -0.1) is 0 Å². The maximum absolute atomic E-state index is 15.3. The number of anilines is 2. The topological polar surface area (TPSA) is 116 Å². The molecule has 2 saturated heterocycles. The molecular formula is C42H39N3O6. The minimum absolute atomic E-state index is 0.0607. The second-order valence-corrected chi connectivity index (χ2v) is 14.1. The third-order valence-corrected chi connectivity index (χ3v) is 11.5. The number of fused-ring (bicyclic) bond motifs is 4. The standard InChI is InChI=1S/C42H39N3O6/c1-4-25-12-17-29(18-13-25)44-38(47)31-20-19-30-32(36(31)40(44)49)23-33-39(48)45(43-28-15-10-24(2)11-16-28)41(50)42(33,27-8-6-5-7-9-27)37(30)26-14-21-34(46)35(22-26)51-3/h5-19,21-22,31-33,36-37,43,46H,4,20,23H2,1-3H3/t31-,32+,33-,36-,37-,42+/m0/s1. The molecule has 258 valence electrons. The van der Waals surface area contributed by atoms with Gasteiger partial charge >= 0.3 is 0 Å². The van der Waals surface area contributed by atoms with Crippen LogP contribution in [0.15, 0.2) is 109 Å². The summed E-state index contributed by atoms with van der Waals surface area (Å²) in [6.45, 7) is 4.01. The fourth-order valence-corrected chi connectivity index (χ4v) is 9.13. The number of ether oxygens (including phenoxy) is 1. The summed E-state index contributed by atoms with van der Waals surface area (Å²) in [7, 11) is 1.46. The summed E-state index contributed by atoms with van der Waals surface area (Å²) in [5, 5.41) is 11.8. The summed E-state index contributed by atoms with van der Waals surface area (Å²) in [6, 6.07) is 29.4. The Balaban J connectivity index is 1.31. The number of aromatic hydroxyl groups is 1. The van der Waals surface area contributed by atoms with Crippen molar-refractivity contribution in [3.05, 3.63) is 131 Å². The highest BCUT2D eigenvalue weighted by Crippen LogP contribution is 2.64. The third kappa shape index (κ3) is 4.82. The van der Waals surface area contributed by atoms with Gasteiger partial charge in [-0.1, -0.05) is 84.8 Å². The number of amides is 4. The first kappa shape index (κ1) is 32.5. The van der Waals surface area contributed by atoms with E-state index in [1.165, 1.54) is 18.1 Å². The Morgan fingerprint density at radius 1 is 0.863 bits per heavy atom. The van der Waals surface area contributed by atoms with Crippen LogP contribution in [0.25, 0.3) is 0 Å². The average Bonchev–Trinajstić information content (AvgIpc) is 3.54. The quantitative estimate of drug-likeness (QED) is 0.170. The van der Waals surface area contributed by atoms with Crippen LogP contribution in [-0.4, -0.2) is 40.9 Å². The summed E-state index contributed by atoms with van der Waals surface area (Å²) in [6.07, 6.45) is 3.38. The van der Waals surface area contributed by atoms with Gasteiger partial charge in [0, 0.05) is 5.92 Å². The van der Waals surface area contributed by atoms with Gasteiger partial charge in [0.25, 0.3) is 11.8 Å². The van der Waals surface area contributed by atoms with E-state index < -0.39 is 46.8 Å². The Hall–Kier alpha value is -5.70. The van der Waals surface area contributed by atoms with Gasteiger partial charge in [-0.05, 0) is 85.2 Å². The van der Waals surface area contributed by atoms with E-state index in [0.717, 1.165) is 28.1 Å². The molecular weight excluding hydrogens is 642 g/mol. The van der Waals surface area contributed by atoms with Crippen molar-refractivity contribution >= 4 is 35.0 Å². The van der Waals surface area contributed by atoms with E-state index in [2.05, 4.69) is 5.43 Å². The molecule has 6 atom stereocenters. The number of hydrazine groups is 1. The number of carbonyl (C=O) groups excluding carboxylic acids is 4. The summed E-state index contributed by atoms with van der Waals surface area (Å²) in [5.41, 5.74) is 7.15. The summed E-state index contributed by atoms with van der Waals surface area (Å²) >= 11 is 0. The lowest BCUT2D eigenvalue weighted by molar-refractivity contribution is -0.138. The van der Waals surface area contributed by atoms with Gasteiger partial charge in [0.15, 0.2) is 11.5 Å². The molecule has 4 aromatic rings. The number of benzene rings is 4. The number of nitrogens with zero attached hydrogens (tertiary/aromatic N) is 2. The number of hydrogen-bond donors (Lipinski definition) is 2. The first-order valence-electron chi connectivity index (χ1n) is 17.5. The minimum Gasteiger partial charge on any atom is -0.504 e. The van der Waals surface area contributed by atoms with Crippen LogP contribution in [0.3, 0.4) is 0 Å². The van der Waals surface area contributed by atoms with Crippen LogP contribution >= 0.6 is 0 Å². The highest BCUT2D eigenvalue weighted by atomic mass is 16.5. The van der Waals surface area contributed by atoms with E-state index in [1.54, 1.807) is 12.1 Å². The normalized spacial score (nSPS) is 26.8. The number of methoxy groups -OCH3 is 1. The van der Waals surface area contributed by atoms with Crippen LogP contribution in [0.1, 0.15) is 47.9 Å². The molecule has 8 rings (SSSR count). The zero-order valence-electron chi connectivity index (χ0n) is 28.7. The number of imide groups is 2. The smallest absolute Gasteiger partial charge is 0.260 e. The highest BCUT2D eigenvalue weighted by Gasteiger charge is 2.70. The Morgan fingerprint density at radius 3 is 2.27 bits per heavy atom. The van der Waals surface area contributed by atoms with Gasteiger partial charge in [0.2, 0.25) is 11.8 Å². The zero-order chi connectivity index (χ0) is 35.6. The molecule has 0 bridgehead atoms. The summed E-state index contributed by atoms with van der Waals surface area (Å²) in [5.74, 6) is -4.57. The van der Waals surface area contributed by atoms with E-state index in [4.69, 9.17) is 4.74 Å². The van der Waals surface area contributed by atoms with Crippen molar-refractivity contribution in [3.63, 3.8) is 0 Å². The van der Waals surface area contributed by atoms with Crippen LogP contribution in [0.5, 0.6) is 11.5 Å². The van der Waals surface area contributed by atoms with Gasteiger partial charge in [-0.3, -0.25) is 29.5 Å². The maximum atomic E-state index is 15.3. The Morgan fingerprint density at radius 2 is 1.59 bits per heavy atom. The lowest BCUT2D eigenvalue weighted by atomic mass is 9.49. The number of rotatable bonds is 7. The molecule has 51 heavy (non-hydrogen) atoms. The molecule has 9 heteroatoms. The number of allylic oxidation sites excluding steroid dienone is 2. The average molecular weight is 682 g/mol. The van der Waals surface area contributed by atoms with Crippen molar-refractivity contribution in [2.24, 2.45) is 23.7 Å². The van der Waals surface area contributed by atoms with Crippen molar-refractivity contribution in [2.75, 3.05) is 17.4 Å². The molecule has 4 aromatic carbocycles. The fraction of sp³-hybridized carbons (Fsp3) is 0.286. The first-order chi connectivity index (χ1) is 24.7. The van der Waals surface area contributed by atoms with Crippen molar-refractivity contribution < 1.29 is 29.0 Å². The van der Waals surface area contributed by atoms with Crippen LogP contribution in [0, 0.1) is 30.6 Å². The van der Waals surface area contributed by atoms with E-state index in [9.17, 15) is 19.5 Å². The number of phenolic OH excluding ortho intramolecular Hbond substituents is 1. The van der Waals surface area contributed by atoms with Gasteiger partial charge in [0.1, 0.15) is 0 Å². The van der Waals surface area contributed by atoms with Crippen molar-refractivity contribution in [1.29, 1.82) is 0 Å². The monoisotopic (exact) mass is 681 g/mol. The molecule has 0 spiro atoms. The summed E-state index contributed by atoms with van der Waals surface area (Å²) in [4.78, 5) is 60.0. The number of carbonyl (C=O) groups is 4. The Kier molecular flexibility index (Phi) is 7.81. The second kappa shape index (κ2) is 12.3. The van der Waals surface area contributed by atoms with Gasteiger partial charge in [0.05, 0.1) is 41.7 Å². The maximum Gasteiger partial charge on any atom is 0.260 e. The van der Waals surface area contributed by atoms with Crippen LogP contribution in [-0.2, 0) is 31.0 Å². The molecule has 0 radical (unpaired) electrons. The predicted octanol–water partition coefficient (Wildman–Crippen LogP) is 6.46. The largest absolute Gasteiger partial charge is 0.504 e. The summed E-state index contributed by atoms with van der Waals surface area (Å²) < 4.78 is 5.55. The lowest BCUT2D eigenvalue weighted by Crippen LogP contribution is -2.53. The molecule has 4 amide bonds. The fourth-order valence-electron chi connectivity index (χ4n) is 9.13. The van der Waals surface area contributed by atoms with Gasteiger partial charge in [-0.25, -0.2) is 0 Å². The van der Waals surface area contributed by atoms with Gasteiger partial charge in [-0.2, -0.15) is 5.01 Å². The molecule has 0 aromatic heterocycles. The van der Waals surface area contributed by atoms with Crippen molar-refractivity contribution in [1.82, 2.24) is 5.01 Å². The molecule has 1 saturated carbocycles. The zero-order valence-corrected chi connectivity index (χ0v) is 28.7. The van der Waals surface area contributed by atoms with E-state index in [0.29, 0.717) is 28.9 Å². The van der Waals surface area contributed by atoms with Crippen molar-refractivity contribution in [3.8, 4) is 11.5 Å². The van der Waals surface area contributed by atoms with Crippen LogP contribution < -0.4 is 15.1 Å². The molecule has 2 heterocycles. The van der Waals surface area contributed by atoms with Crippen LogP contribution in [0.4, 0.5) is 11.4 Å². The van der Waals surface area contributed by atoms with Crippen molar-refractivity contribution in [2.45, 2.75) is 44.4 Å². The molecule has 4 aliphatic rings. The molecule has 2 aliphatic carbocycles. The number of aryl methyl sites for hydroxylation is 2. The number of hydrogen-bond acceptors (Lipinski definition) is 7. The van der Waals surface area contributed by atoms with E-state index in [-0.39, 0.29) is 29.7 Å². The Labute approximate surface area is 296 Å². The van der Waals surface area contributed by atoms with Crippen LogP contribution in [0.2, 0.25) is 0 Å². The second-order valence-electron chi connectivity index (χ2n) is 14.1. The van der Waals surface area contributed by atoms with E-state index in [1.807, 2.05) is 98.8 Å². The molecule has 2 N–H and O–H groups in total. The van der Waals surface area contributed by atoms with E-state index >= 15 is 4.79 Å². The lowest BCUT2D eigenvalue weighted by Gasteiger charge is -2.50. The SMILES string of the molecule is CCc1ccc(N2C(=O)[C@H]3[C@H](CC=C4[C@H]3C[C@H]3C(=O)N(Nc5ccc(C)cc5)C(=O)[C@@]3(c3ccccc3)[C@H]4c3ccc(O)c(OC)c3)C2=O)cc1. The number of phenols is 1. The first-order valence-corrected chi connectivity index (χ1v) is 17.5. The Bertz CT molecular complexity index is 2090. The third-order valence-electron chi connectivity index (χ3n) is 11.5. The highest BCUT2D eigenvalue weighted by molar-refractivity contribution is 6.22. The number of nitrogens with one attached hydrogen (secondary N) is 1. The molecule has 3 fully saturated rings. The van der Waals surface area contributed by atoms with Gasteiger partial charge < -0.3 is 9.84 Å². The molecule has 9 nitrogen and oxygen atoms in total. The molecule has 0 unspecified atom stereocenters.